The highest BCUT2D eigenvalue weighted by Gasteiger charge is 2.37. The van der Waals surface area contributed by atoms with Crippen LogP contribution in [0.25, 0.3) is 0 Å². The molecule has 2 aliphatic rings. The van der Waals surface area contributed by atoms with Crippen LogP contribution < -0.4 is 5.32 Å². The molecular weight excluding hydrogens is 244 g/mol. The SMILES string of the molecule is CC1NC(c2cccs2)N(CCC2CCC2)C1=O. The summed E-state index contributed by atoms with van der Waals surface area (Å²) in [6.07, 6.45) is 5.36. The largest absolute Gasteiger partial charge is 0.321 e. The number of nitrogens with one attached hydrogen (secondary N) is 1. The lowest BCUT2D eigenvalue weighted by molar-refractivity contribution is -0.130. The molecule has 1 aliphatic carbocycles. The van der Waals surface area contributed by atoms with E-state index in [1.807, 2.05) is 11.8 Å². The number of hydrogen-bond donors (Lipinski definition) is 1. The fourth-order valence-corrected chi connectivity index (χ4v) is 3.59. The Balaban J connectivity index is 1.68. The molecule has 3 rings (SSSR count). The van der Waals surface area contributed by atoms with Crippen molar-refractivity contribution in [3.63, 3.8) is 0 Å². The molecule has 2 atom stereocenters. The molecule has 1 amide bonds. The third-order valence-corrected chi connectivity index (χ3v) is 5.11. The molecule has 0 radical (unpaired) electrons. The maximum Gasteiger partial charge on any atom is 0.241 e. The highest BCUT2D eigenvalue weighted by Crippen LogP contribution is 2.33. The first kappa shape index (κ1) is 12.2. The van der Waals surface area contributed by atoms with Crippen molar-refractivity contribution in [1.29, 1.82) is 0 Å². The topological polar surface area (TPSA) is 32.3 Å². The standard InChI is InChI=1S/C14H20N2OS/c1-10-14(17)16(8-7-11-4-2-5-11)13(15-10)12-6-3-9-18-12/h3,6,9-11,13,15H,2,4-5,7-8H2,1H3. The first-order valence-electron chi connectivity index (χ1n) is 6.85. The molecule has 1 N–H and O–H groups in total. The summed E-state index contributed by atoms with van der Waals surface area (Å²) < 4.78 is 0. The highest BCUT2D eigenvalue weighted by molar-refractivity contribution is 7.10. The molecule has 1 saturated carbocycles. The van der Waals surface area contributed by atoms with Crippen molar-refractivity contribution in [2.75, 3.05) is 6.54 Å². The van der Waals surface area contributed by atoms with Gasteiger partial charge >= 0.3 is 0 Å². The Kier molecular flexibility index (Phi) is 3.39. The normalized spacial score (nSPS) is 28.7. The van der Waals surface area contributed by atoms with Gasteiger partial charge in [-0.2, -0.15) is 0 Å². The van der Waals surface area contributed by atoms with Crippen molar-refractivity contribution < 1.29 is 4.79 Å². The Morgan fingerprint density at radius 3 is 2.94 bits per heavy atom. The Labute approximate surface area is 112 Å². The second kappa shape index (κ2) is 5.02. The van der Waals surface area contributed by atoms with Crippen molar-refractivity contribution in [3.05, 3.63) is 22.4 Å². The second-order valence-corrected chi connectivity index (χ2v) is 6.40. The van der Waals surface area contributed by atoms with Crippen molar-refractivity contribution >= 4 is 17.2 Å². The van der Waals surface area contributed by atoms with Gasteiger partial charge in [-0.15, -0.1) is 11.3 Å². The van der Waals surface area contributed by atoms with Crippen molar-refractivity contribution in [2.24, 2.45) is 5.92 Å². The van der Waals surface area contributed by atoms with Crippen LogP contribution in [0.2, 0.25) is 0 Å². The first-order valence-corrected chi connectivity index (χ1v) is 7.73. The fraction of sp³-hybridized carbons (Fsp3) is 0.643. The van der Waals surface area contributed by atoms with Gasteiger partial charge in [-0.25, -0.2) is 0 Å². The van der Waals surface area contributed by atoms with Gasteiger partial charge in [-0.1, -0.05) is 25.3 Å². The molecule has 2 unspecified atom stereocenters. The summed E-state index contributed by atoms with van der Waals surface area (Å²) in [6, 6.07) is 4.13. The average Bonchev–Trinajstić information content (AvgIpc) is 2.89. The monoisotopic (exact) mass is 264 g/mol. The van der Waals surface area contributed by atoms with E-state index < -0.39 is 0 Å². The van der Waals surface area contributed by atoms with Gasteiger partial charge in [-0.05, 0) is 30.7 Å². The molecule has 1 aromatic rings. The van der Waals surface area contributed by atoms with Crippen LogP contribution in [0.5, 0.6) is 0 Å². The number of carbonyl (C=O) groups excluding carboxylic acids is 1. The molecule has 0 bridgehead atoms. The van der Waals surface area contributed by atoms with Crippen LogP contribution in [0.15, 0.2) is 17.5 Å². The van der Waals surface area contributed by atoms with Gasteiger partial charge < -0.3 is 4.90 Å². The van der Waals surface area contributed by atoms with Crippen molar-refractivity contribution in [3.8, 4) is 0 Å². The van der Waals surface area contributed by atoms with E-state index in [2.05, 4.69) is 22.8 Å². The Morgan fingerprint density at radius 2 is 2.33 bits per heavy atom. The zero-order chi connectivity index (χ0) is 12.5. The van der Waals surface area contributed by atoms with Crippen LogP contribution >= 0.6 is 11.3 Å². The minimum atomic E-state index is -0.0431. The van der Waals surface area contributed by atoms with Crippen LogP contribution in [0.4, 0.5) is 0 Å². The van der Waals surface area contributed by atoms with Gasteiger partial charge in [0.05, 0.1) is 6.04 Å². The quantitative estimate of drug-likeness (QED) is 0.907. The number of thiophene rings is 1. The number of hydrogen-bond acceptors (Lipinski definition) is 3. The first-order chi connectivity index (χ1) is 8.75. The average molecular weight is 264 g/mol. The number of nitrogens with zero attached hydrogens (tertiary/aromatic N) is 1. The van der Waals surface area contributed by atoms with Crippen LogP contribution in [-0.2, 0) is 4.79 Å². The maximum atomic E-state index is 12.2. The maximum absolute atomic E-state index is 12.2. The zero-order valence-electron chi connectivity index (χ0n) is 10.8. The lowest BCUT2D eigenvalue weighted by Crippen LogP contribution is -2.33. The van der Waals surface area contributed by atoms with E-state index in [0.717, 1.165) is 12.5 Å². The van der Waals surface area contributed by atoms with Gasteiger partial charge in [0, 0.05) is 11.4 Å². The molecule has 1 saturated heterocycles. The predicted octanol–water partition coefficient (Wildman–Crippen LogP) is 2.76. The third-order valence-electron chi connectivity index (χ3n) is 4.19. The Bertz CT molecular complexity index is 413. The van der Waals surface area contributed by atoms with E-state index in [9.17, 15) is 4.79 Å². The van der Waals surface area contributed by atoms with E-state index in [-0.39, 0.29) is 18.1 Å². The smallest absolute Gasteiger partial charge is 0.241 e. The molecule has 2 heterocycles. The molecule has 0 aromatic carbocycles. The van der Waals surface area contributed by atoms with Crippen LogP contribution in [0.1, 0.15) is 43.6 Å². The number of amides is 1. The zero-order valence-corrected chi connectivity index (χ0v) is 11.6. The summed E-state index contributed by atoms with van der Waals surface area (Å²) in [6.45, 7) is 2.87. The van der Waals surface area contributed by atoms with Gasteiger partial charge in [0.1, 0.15) is 6.17 Å². The Hall–Kier alpha value is -0.870. The van der Waals surface area contributed by atoms with E-state index in [1.54, 1.807) is 11.3 Å². The molecule has 1 aromatic heterocycles. The van der Waals surface area contributed by atoms with Crippen LogP contribution in [0.3, 0.4) is 0 Å². The molecule has 3 nitrogen and oxygen atoms in total. The van der Waals surface area contributed by atoms with Gasteiger partial charge in [0.15, 0.2) is 0 Å². The van der Waals surface area contributed by atoms with E-state index in [0.29, 0.717) is 0 Å². The summed E-state index contributed by atoms with van der Waals surface area (Å²) in [5, 5.41) is 5.48. The third kappa shape index (κ3) is 2.19. The molecule has 4 heteroatoms. The Morgan fingerprint density at radius 1 is 1.50 bits per heavy atom. The van der Waals surface area contributed by atoms with E-state index in [1.165, 1.54) is 30.6 Å². The number of rotatable bonds is 4. The minimum Gasteiger partial charge on any atom is -0.321 e. The van der Waals surface area contributed by atoms with Gasteiger partial charge in [0.25, 0.3) is 0 Å². The van der Waals surface area contributed by atoms with E-state index >= 15 is 0 Å². The molecular formula is C14H20N2OS. The highest BCUT2D eigenvalue weighted by atomic mass is 32.1. The van der Waals surface area contributed by atoms with Crippen LogP contribution in [0, 0.1) is 5.92 Å². The molecule has 0 spiro atoms. The van der Waals surface area contributed by atoms with Gasteiger partial charge in [0.2, 0.25) is 5.91 Å². The summed E-state index contributed by atoms with van der Waals surface area (Å²) in [4.78, 5) is 15.5. The number of carbonyl (C=O) groups is 1. The fourth-order valence-electron chi connectivity index (χ4n) is 2.80. The second-order valence-electron chi connectivity index (χ2n) is 5.42. The van der Waals surface area contributed by atoms with Crippen molar-refractivity contribution in [2.45, 2.75) is 44.8 Å². The van der Waals surface area contributed by atoms with E-state index in [4.69, 9.17) is 0 Å². The summed E-state index contributed by atoms with van der Waals surface area (Å²) in [5.41, 5.74) is 0. The van der Waals surface area contributed by atoms with Crippen LogP contribution in [-0.4, -0.2) is 23.4 Å². The molecule has 1 aliphatic heterocycles. The summed E-state index contributed by atoms with van der Waals surface area (Å²) in [7, 11) is 0. The van der Waals surface area contributed by atoms with Crippen molar-refractivity contribution in [1.82, 2.24) is 10.2 Å². The lowest BCUT2D eigenvalue weighted by Gasteiger charge is -2.29. The molecule has 18 heavy (non-hydrogen) atoms. The lowest BCUT2D eigenvalue weighted by atomic mass is 9.83. The van der Waals surface area contributed by atoms with Gasteiger partial charge in [-0.3, -0.25) is 10.1 Å². The molecule has 2 fully saturated rings. The minimum absolute atomic E-state index is 0.0431. The molecule has 98 valence electrons. The predicted molar refractivity (Wildman–Crippen MR) is 73.3 cm³/mol. The summed E-state index contributed by atoms with van der Waals surface area (Å²) >= 11 is 1.73. The summed E-state index contributed by atoms with van der Waals surface area (Å²) in [5.74, 6) is 1.12.